The van der Waals surface area contributed by atoms with Crippen molar-refractivity contribution in [2.45, 2.75) is 162 Å². The lowest BCUT2D eigenvalue weighted by Gasteiger charge is -2.34. The number of benzene rings is 3. The number of fused-ring (bicyclic) bond motifs is 2. The van der Waals surface area contributed by atoms with E-state index in [4.69, 9.17) is 38.4 Å². The number of ether oxygens (including phenoxy) is 6. The number of nitrogens with zero attached hydrogens (tertiary/aromatic N) is 7. The molecule has 3 fully saturated rings. The van der Waals surface area contributed by atoms with Crippen molar-refractivity contribution in [1.29, 1.82) is 0 Å². The zero-order chi connectivity index (χ0) is 65.4. The third-order valence-electron chi connectivity index (χ3n) is 17.7. The number of carbonyl (C=O) groups is 1. The number of anilines is 2. The molecule has 3 saturated carbocycles. The van der Waals surface area contributed by atoms with Crippen LogP contribution in [0.1, 0.15) is 120 Å². The highest BCUT2D eigenvalue weighted by Crippen LogP contribution is 2.42. The molecule has 0 radical (unpaired) electrons. The molecule has 0 atom stereocenters. The molecule has 488 valence electrons. The molecule has 3 aromatic carbocycles. The number of hydrogen-bond donors (Lipinski definition) is 2. The van der Waals surface area contributed by atoms with E-state index in [1.807, 2.05) is 89.6 Å². The zero-order valence-corrected chi connectivity index (χ0v) is 56.1. The van der Waals surface area contributed by atoms with Gasteiger partial charge in [0.1, 0.15) is 11.6 Å². The van der Waals surface area contributed by atoms with Crippen LogP contribution in [-0.2, 0) is 67.4 Å². The number of nitrogens with one attached hydrogen (secondary N) is 2. The Bertz CT molecular complexity index is 3750. The summed E-state index contributed by atoms with van der Waals surface area (Å²) in [5.74, 6) is 3.08. The first kappa shape index (κ1) is 67.9. The van der Waals surface area contributed by atoms with E-state index < -0.39 is 0 Å². The van der Waals surface area contributed by atoms with Gasteiger partial charge in [-0.2, -0.15) is 0 Å². The van der Waals surface area contributed by atoms with Crippen LogP contribution in [0.2, 0.25) is 0 Å². The maximum absolute atomic E-state index is 12.7. The highest BCUT2D eigenvalue weighted by molar-refractivity contribution is 5.97. The van der Waals surface area contributed by atoms with Crippen LogP contribution < -0.4 is 27.3 Å². The number of carbonyl (C=O) groups excluding carboxylic acids is 1. The summed E-state index contributed by atoms with van der Waals surface area (Å²) in [7, 11) is 10.6. The first-order valence-corrected chi connectivity index (χ1v) is 32.2. The quantitative estimate of drug-likeness (QED) is 0.0574. The van der Waals surface area contributed by atoms with Crippen molar-refractivity contribution in [1.82, 2.24) is 32.8 Å². The number of pyridine rings is 3. The fraction of sp³-hybridized carbons (Fsp3) is 0.500. The van der Waals surface area contributed by atoms with Crippen molar-refractivity contribution >= 4 is 39.3 Å². The minimum Gasteiger partial charge on any atom is -0.381 e. The van der Waals surface area contributed by atoms with Gasteiger partial charge in [0.15, 0.2) is 0 Å². The maximum atomic E-state index is 12.7. The van der Waals surface area contributed by atoms with Gasteiger partial charge in [-0.3, -0.25) is 19.2 Å². The van der Waals surface area contributed by atoms with Crippen molar-refractivity contribution in [2.24, 2.45) is 27.1 Å². The number of hydrogen-bond acceptors (Lipinski definition) is 13. The fourth-order valence-electron chi connectivity index (χ4n) is 12.2. The van der Waals surface area contributed by atoms with Crippen LogP contribution in [0.4, 0.5) is 11.4 Å². The van der Waals surface area contributed by atoms with Gasteiger partial charge in [0, 0.05) is 115 Å². The zero-order valence-electron chi connectivity index (χ0n) is 56.1. The normalized spacial score (nSPS) is 18.6. The van der Waals surface area contributed by atoms with Crippen LogP contribution in [0.3, 0.4) is 0 Å². The molecule has 8 aromatic rings. The highest BCUT2D eigenvalue weighted by atomic mass is 16.5. The van der Waals surface area contributed by atoms with Gasteiger partial charge < -0.3 is 61.9 Å². The van der Waals surface area contributed by atoms with Gasteiger partial charge in [-0.1, -0.05) is 18.2 Å². The molecule has 19 heteroatoms. The van der Waals surface area contributed by atoms with Crippen LogP contribution in [0.15, 0.2) is 106 Å². The molecule has 0 unspecified atom stereocenters. The van der Waals surface area contributed by atoms with Gasteiger partial charge in [-0.25, -0.2) is 9.97 Å². The Hall–Kier alpha value is -7.52. The summed E-state index contributed by atoms with van der Waals surface area (Å²) in [5, 5.41) is 6.45. The van der Waals surface area contributed by atoms with Crippen molar-refractivity contribution in [3.8, 4) is 33.4 Å². The molecular formula is C72H95N9O10. The van der Waals surface area contributed by atoms with E-state index in [1.54, 1.807) is 56.2 Å². The Morgan fingerprint density at radius 1 is 0.495 bits per heavy atom. The molecule has 0 bridgehead atoms. The van der Waals surface area contributed by atoms with E-state index >= 15 is 0 Å². The van der Waals surface area contributed by atoms with E-state index in [0.29, 0.717) is 56.0 Å². The van der Waals surface area contributed by atoms with Crippen molar-refractivity contribution < 1.29 is 33.2 Å². The number of imidazole rings is 2. The molecule has 0 aliphatic heterocycles. The predicted octanol–water partition coefficient (Wildman–Crippen LogP) is 11.6. The van der Waals surface area contributed by atoms with E-state index in [9.17, 15) is 19.2 Å². The Kier molecular flexibility index (Phi) is 22.6. The molecule has 2 N–H and O–H groups in total. The minimum atomic E-state index is -0.0203. The van der Waals surface area contributed by atoms with Gasteiger partial charge in [0.05, 0.1) is 89.9 Å². The van der Waals surface area contributed by atoms with Gasteiger partial charge in [-0.05, 0) is 189 Å². The van der Waals surface area contributed by atoms with E-state index in [0.717, 1.165) is 141 Å². The molecule has 5 aromatic heterocycles. The molecule has 0 spiro atoms. The Balaban J connectivity index is 0.000000162. The van der Waals surface area contributed by atoms with E-state index in [-0.39, 0.29) is 52.9 Å². The Labute approximate surface area is 535 Å². The monoisotopic (exact) mass is 1250 g/mol. The third-order valence-corrected chi connectivity index (χ3v) is 17.7. The molecule has 3 aliphatic carbocycles. The van der Waals surface area contributed by atoms with Crippen molar-refractivity contribution in [2.75, 3.05) is 58.3 Å². The molecular weight excluding hydrogens is 1150 g/mol. The van der Waals surface area contributed by atoms with Crippen LogP contribution in [0, 0.1) is 26.7 Å². The van der Waals surface area contributed by atoms with Gasteiger partial charge in [-0.15, -0.1) is 0 Å². The molecule has 3 aliphatic rings. The minimum absolute atomic E-state index is 0.00771. The Morgan fingerprint density at radius 2 is 0.868 bits per heavy atom. The number of rotatable bonds is 23. The topological polar surface area (TPSA) is 198 Å². The summed E-state index contributed by atoms with van der Waals surface area (Å²) >= 11 is 0. The second kappa shape index (κ2) is 30.3. The molecule has 5 heterocycles. The molecule has 91 heavy (non-hydrogen) atoms. The lowest BCUT2D eigenvalue weighted by Crippen LogP contribution is -2.38. The highest BCUT2D eigenvalue weighted by Gasteiger charge is 2.37. The largest absolute Gasteiger partial charge is 0.381 e. The van der Waals surface area contributed by atoms with Crippen molar-refractivity contribution in [3.05, 3.63) is 151 Å². The Morgan fingerprint density at radius 3 is 1.25 bits per heavy atom. The summed E-state index contributed by atoms with van der Waals surface area (Å²) in [4.78, 5) is 58.8. The summed E-state index contributed by atoms with van der Waals surface area (Å²) in [6.45, 7) is 21.8. The molecule has 19 nitrogen and oxygen atoms in total. The number of amides is 1. The molecule has 11 rings (SSSR count). The van der Waals surface area contributed by atoms with Crippen molar-refractivity contribution in [3.63, 3.8) is 0 Å². The van der Waals surface area contributed by atoms with E-state index in [2.05, 4.69) is 83.9 Å². The summed E-state index contributed by atoms with van der Waals surface area (Å²) < 4.78 is 43.1. The number of aromatic nitrogens is 7. The smallest absolute Gasteiger partial charge is 0.253 e. The average molecular weight is 1250 g/mol. The number of methoxy groups -OCH3 is 3. The standard InChI is InChI=1S/C24H33N3O4.2C24H31N3O3/c1-15(2)31-9-8-25-22-13-17(19-10-16(3)24(29)27(4)14-19)6-7-21(22)26-23(28)18-11-20(12-18)30-5;2*1-15(2)30-9-8-27-22-13-17(19-10-16(3)24(28)26(4)14-19)6-7-21(22)25-23(27)18-11-20(12-18)29-5/h6-7,10,13-15,18,20,25H,8-9,11-12H2,1-5H3,(H,26,28);2*6-7,10,13-15,18,20H,8-9,11-12H2,1-5H3. The summed E-state index contributed by atoms with van der Waals surface area (Å²) in [6, 6.07) is 24.4. The summed E-state index contributed by atoms with van der Waals surface area (Å²) in [6.07, 6.45) is 12.6. The first-order valence-electron chi connectivity index (χ1n) is 32.2. The van der Waals surface area contributed by atoms with Crippen LogP contribution in [0.5, 0.6) is 0 Å². The average Bonchev–Trinajstić information content (AvgIpc) is 1.58. The second-order valence-corrected chi connectivity index (χ2v) is 25.6. The third kappa shape index (κ3) is 16.4. The lowest BCUT2D eigenvalue weighted by atomic mass is 9.81. The fourth-order valence-corrected chi connectivity index (χ4v) is 12.2. The second-order valence-electron chi connectivity index (χ2n) is 25.6. The van der Waals surface area contributed by atoms with Gasteiger partial charge >= 0.3 is 0 Å². The molecule has 0 saturated heterocycles. The molecule has 1 amide bonds. The maximum Gasteiger partial charge on any atom is 0.253 e. The number of aryl methyl sites for hydroxylation is 6. The first-order chi connectivity index (χ1) is 43.5. The summed E-state index contributed by atoms with van der Waals surface area (Å²) in [5.41, 5.74) is 14.2. The van der Waals surface area contributed by atoms with E-state index in [1.165, 1.54) is 0 Å². The SMILES string of the molecule is COC1CC(C(=O)Nc2ccc(-c3cc(C)c(=O)n(C)c3)cc2NCCOC(C)C)C1.COC1CC(c2nc3ccc(-c4cc(C)c(=O)n(C)c4)cc3n2CCOC(C)C)C1.COC1CC(c2nc3ccc(-c4cc(C)c(=O)n(C)c4)cc3n2CCOC(C)C)C1. The van der Waals surface area contributed by atoms with Gasteiger partial charge in [0.2, 0.25) is 5.91 Å². The van der Waals surface area contributed by atoms with Crippen LogP contribution >= 0.6 is 0 Å². The van der Waals surface area contributed by atoms with Crippen LogP contribution in [-0.4, -0.2) is 123 Å². The van der Waals surface area contributed by atoms with Crippen LogP contribution in [0.25, 0.3) is 55.4 Å². The van der Waals surface area contributed by atoms with Gasteiger partial charge in [0.25, 0.3) is 16.7 Å². The lowest BCUT2D eigenvalue weighted by molar-refractivity contribution is -0.127. The predicted molar refractivity (Wildman–Crippen MR) is 362 cm³/mol.